The Bertz CT molecular complexity index is 1090. The number of sulfonamides is 1. The highest BCUT2D eigenvalue weighted by Gasteiger charge is 2.45. The van der Waals surface area contributed by atoms with Crippen molar-refractivity contribution >= 4 is 27.3 Å². The molecule has 0 spiro atoms. The van der Waals surface area contributed by atoms with Crippen molar-refractivity contribution in [3.63, 3.8) is 0 Å². The van der Waals surface area contributed by atoms with Gasteiger partial charge in [0, 0.05) is 29.1 Å². The zero-order valence-electron chi connectivity index (χ0n) is 18.7. The second-order valence-corrected chi connectivity index (χ2v) is 11.4. The Morgan fingerprint density at radius 3 is 2.56 bits per heavy atom. The molecule has 1 heterocycles. The normalized spacial score (nSPS) is 17.4. The number of rotatable bonds is 9. The lowest BCUT2D eigenvalue weighted by Gasteiger charge is -2.45. The van der Waals surface area contributed by atoms with Crippen LogP contribution in [0.5, 0.6) is 5.75 Å². The van der Waals surface area contributed by atoms with E-state index < -0.39 is 10.0 Å². The highest BCUT2D eigenvalue weighted by Crippen LogP contribution is 2.48. The molecule has 1 fully saturated rings. The molecule has 1 aliphatic heterocycles. The monoisotopic (exact) mass is 474 g/mol. The molecule has 1 aliphatic carbocycles. The number of hydrogen-bond acceptors (Lipinski definition) is 4. The van der Waals surface area contributed by atoms with Crippen LogP contribution in [0.3, 0.4) is 0 Å². The molecule has 0 amide bonds. The Balaban J connectivity index is 1.50. The first kappa shape index (κ1) is 23.3. The van der Waals surface area contributed by atoms with Gasteiger partial charge in [-0.3, -0.25) is 4.99 Å². The summed E-state index contributed by atoms with van der Waals surface area (Å²) in [5.41, 5.74) is 4.80. The van der Waals surface area contributed by atoms with Gasteiger partial charge in [0.1, 0.15) is 12.4 Å². The minimum Gasteiger partial charge on any atom is -0.492 e. The summed E-state index contributed by atoms with van der Waals surface area (Å²) in [7, 11) is -3.27. The minimum atomic E-state index is -3.27. The molecule has 0 bridgehead atoms. The first-order valence-electron chi connectivity index (χ1n) is 11.3. The molecule has 1 saturated carbocycles. The van der Waals surface area contributed by atoms with Gasteiger partial charge in [0.2, 0.25) is 10.0 Å². The van der Waals surface area contributed by atoms with Crippen LogP contribution in [0.15, 0.2) is 47.5 Å². The van der Waals surface area contributed by atoms with Crippen LogP contribution in [0.4, 0.5) is 0 Å². The van der Waals surface area contributed by atoms with Crippen molar-refractivity contribution in [2.45, 2.75) is 44.9 Å². The number of nitrogens with one attached hydrogen (secondary N) is 1. The van der Waals surface area contributed by atoms with Gasteiger partial charge in [0.25, 0.3) is 0 Å². The lowest BCUT2D eigenvalue weighted by atomic mass is 9.59. The number of hydrogen-bond donors (Lipinski definition) is 1. The topological polar surface area (TPSA) is 67.8 Å². The van der Waals surface area contributed by atoms with E-state index in [9.17, 15) is 8.42 Å². The van der Waals surface area contributed by atoms with Gasteiger partial charge >= 0.3 is 0 Å². The van der Waals surface area contributed by atoms with Gasteiger partial charge in [-0.25, -0.2) is 13.1 Å². The summed E-state index contributed by atoms with van der Waals surface area (Å²) in [6, 6.07) is 14.3. The summed E-state index contributed by atoms with van der Waals surface area (Å²) >= 11 is 6.13. The molecular weight excluding hydrogens is 444 g/mol. The van der Waals surface area contributed by atoms with Crippen molar-refractivity contribution in [3.8, 4) is 5.75 Å². The molecular formula is C25H31ClN2O3S. The fourth-order valence-electron chi connectivity index (χ4n) is 4.69. The molecule has 0 unspecified atom stereocenters. The van der Waals surface area contributed by atoms with Gasteiger partial charge in [0.15, 0.2) is 0 Å². The molecule has 2 aromatic rings. The van der Waals surface area contributed by atoms with E-state index in [0.717, 1.165) is 47.9 Å². The summed E-state index contributed by atoms with van der Waals surface area (Å²) < 4.78 is 32.5. The second kappa shape index (κ2) is 9.54. The first-order valence-corrected chi connectivity index (χ1v) is 13.4. The van der Waals surface area contributed by atoms with Crippen LogP contribution in [0.1, 0.15) is 49.8 Å². The van der Waals surface area contributed by atoms with Crippen LogP contribution in [0.25, 0.3) is 0 Å². The third-order valence-electron chi connectivity index (χ3n) is 6.29. The third kappa shape index (κ3) is 5.03. The molecule has 0 saturated heterocycles. The summed E-state index contributed by atoms with van der Waals surface area (Å²) in [6.07, 6.45) is 4.26. The van der Waals surface area contributed by atoms with E-state index in [1.165, 1.54) is 17.5 Å². The maximum atomic E-state index is 12.0. The molecule has 2 aromatic carbocycles. The molecule has 4 rings (SSSR count). The number of aliphatic imine (C=N–C) groups is 1. The number of fused-ring (bicyclic) bond motifs is 1. The molecule has 172 valence electrons. The van der Waals surface area contributed by atoms with E-state index >= 15 is 0 Å². The summed E-state index contributed by atoms with van der Waals surface area (Å²) in [4.78, 5) is 5.00. The van der Waals surface area contributed by atoms with E-state index in [1.807, 2.05) is 32.0 Å². The smallest absolute Gasteiger partial charge is 0.211 e. The predicted octanol–water partition coefficient (Wildman–Crippen LogP) is 4.76. The molecule has 0 atom stereocenters. The molecule has 0 radical (unpaired) electrons. The van der Waals surface area contributed by atoms with Gasteiger partial charge in [0.05, 0.1) is 11.5 Å². The lowest BCUT2D eigenvalue weighted by Crippen LogP contribution is -2.44. The van der Waals surface area contributed by atoms with Crippen LogP contribution in [-0.2, 0) is 21.9 Å². The van der Waals surface area contributed by atoms with Crippen molar-refractivity contribution in [2.75, 3.05) is 25.4 Å². The molecule has 0 aromatic heterocycles. The van der Waals surface area contributed by atoms with Gasteiger partial charge in [-0.05, 0) is 60.6 Å². The fraction of sp³-hybridized carbons (Fsp3) is 0.480. The van der Waals surface area contributed by atoms with E-state index in [0.29, 0.717) is 0 Å². The van der Waals surface area contributed by atoms with Gasteiger partial charge in [-0.2, -0.15) is 0 Å². The van der Waals surface area contributed by atoms with Gasteiger partial charge < -0.3 is 4.74 Å². The number of nitrogens with zero attached hydrogens (tertiary/aromatic N) is 1. The average molecular weight is 475 g/mol. The van der Waals surface area contributed by atoms with Gasteiger partial charge in [-0.15, -0.1) is 0 Å². The Kier molecular flexibility index (Phi) is 6.94. The molecule has 7 heteroatoms. The number of benzene rings is 2. The van der Waals surface area contributed by atoms with Crippen LogP contribution < -0.4 is 9.46 Å². The Morgan fingerprint density at radius 1 is 1.16 bits per heavy atom. The molecule has 2 aliphatic rings. The number of ether oxygens (including phenoxy) is 1. The average Bonchev–Trinajstić information content (AvgIpc) is 2.71. The van der Waals surface area contributed by atoms with Crippen molar-refractivity contribution in [2.24, 2.45) is 10.9 Å². The third-order valence-corrected chi connectivity index (χ3v) is 8.29. The second-order valence-electron chi connectivity index (χ2n) is 9.16. The zero-order valence-corrected chi connectivity index (χ0v) is 20.3. The standard InChI is InChI=1S/C25H31ClN2O3S/c1-18(2)17-32(29,30)28-14-15-31-22-9-4-19-10-13-27-24(23(19)16-22)25(11-3-12-25)20-5-7-21(26)8-6-20/h4-9,16,18,28H,3,10-15,17H2,1-2H3. The summed E-state index contributed by atoms with van der Waals surface area (Å²) in [5.74, 6) is 0.955. The summed E-state index contributed by atoms with van der Waals surface area (Å²) in [5, 5.41) is 0.744. The SMILES string of the molecule is CC(C)CS(=O)(=O)NCCOc1ccc2c(c1)C(C1(c3ccc(Cl)cc3)CCC1)=NCC2. The van der Waals surface area contributed by atoms with Crippen LogP contribution in [0.2, 0.25) is 5.02 Å². The highest BCUT2D eigenvalue weighted by molar-refractivity contribution is 7.89. The molecule has 32 heavy (non-hydrogen) atoms. The van der Waals surface area contributed by atoms with E-state index in [-0.39, 0.29) is 30.2 Å². The van der Waals surface area contributed by atoms with Crippen molar-refractivity contribution < 1.29 is 13.2 Å². The maximum absolute atomic E-state index is 12.0. The van der Waals surface area contributed by atoms with Crippen molar-refractivity contribution in [1.82, 2.24) is 4.72 Å². The largest absolute Gasteiger partial charge is 0.492 e. The minimum absolute atomic E-state index is 0.0646. The van der Waals surface area contributed by atoms with Crippen LogP contribution >= 0.6 is 11.6 Å². The maximum Gasteiger partial charge on any atom is 0.211 e. The quantitative estimate of drug-likeness (QED) is 0.532. The van der Waals surface area contributed by atoms with E-state index in [4.69, 9.17) is 21.3 Å². The van der Waals surface area contributed by atoms with Crippen molar-refractivity contribution in [1.29, 1.82) is 0 Å². The van der Waals surface area contributed by atoms with Crippen LogP contribution in [-0.4, -0.2) is 39.6 Å². The van der Waals surface area contributed by atoms with Gasteiger partial charge in [-0.1, -0.05) is 50.1 Å². The lowest BCUT2D eigenvalue weighted by molar-refractivity contribution is 0.322. The molecule has 1 N–H and O–H groups in total. The van der Waals surface area contributed by atoms with E-state index in [1.54, 1.807) is 0 Å². The Labute approximate surface area is 196 Å². The highest BCUT2D eigenvalue weighted by atomic mass is 35.5. The molecule has 5 nitrogen and oxygen atoms in total. The fourth-order valence-corrected chi connectivity index (χ4v) is 6.21. The number of halogens is 1. The van der Waals surface area contributed by atoms with Crippen molar-refractivity contribution in [3.05, 3.63) is 64.2 Å². The Morgan fingerprint density at radius 2 is 1.91 bits per heavy atom. The Hall–Kier alpha value is -1.89. The zero-order chi connectivity index (χ0) is 22.8. The first-order chi connectivity index (χ1) is 15.3. The predicted molar refractivity (Wildman–Crippen MR) is 131 cm³/mol. The van der Waals surface area contributed by atoms with Crippen LogP contribution in [0, 0.1) is 5.92 Å². The summed E-state index contributed by atoms with van der Waals surface area (Å²) in [6.45, 7) is 5.12. The van der Waals surface area contributed by atoms with E-state index in [2.05, 4.69) is 29.0 Å².